The highest BCUT2D eigenvalue weighted by Gasteiger charge is 2.21. The molecule has 1 unspecified atom stereocenters. The average Bonchev–Trinajstić information content (AvgIpc) is 2.27. The van der Waals surface area contributed by atoms with Crippen LogP contribution >= 0.6 is 15.9 Å². The van der Waals surface area contributed by atoms with Gasteiger partial charge in [0.15, 0.2) is 0 Å². The third-order valence-electron chi connectivity index (χ3n) is 2.60. The molecule has 0 radical (unpaired) electrons. The summed E-state index contributed by atoms with van der Waals surface area (Å²) in [5, 5.41) is 0. The maximum Gasteiger partial charge on any atom is 0.132 e. The highest BCUT2D eigenvalue weighted by molar-refractivity contribution is 9.10. The first-order chi connectivity index (χ1) is 8.50. The van der Waals surface area contributed by atoms with Crippen LogP contribution in [-0.2, 0) is 0 Å². The molecule has 0 fully saturated rings. The topological polar surface area (TPSA) is 26.0 Å². The lowest BCUT2D eigenvalue weighted by atomic mass is 9.98. The molecular formula is C13H9BrF3N. The van der Waals surface area contributed by atoms with Gasteiger partial charge in [0.05, 0.1) is 6.04 Å². The van der Waals surface area contributed by atoms with Crippen molar-refractivity contribution >= 4 is 15.9 Å². The zero-order valence-corrected chi connectivity index (χ0v) is 10.7. The summed E-state index contributed by atoms with van der Waals surface area (Å²) < 4.78 is 41.2. The lowest BCUT2D eigenvalue weighted by Gasteiger charge is -2.15. The van der Waals surface area contributed by atoms with Crippen molar-refractivity contribution in [3.05, 3.63) is 69.4 Å². The van der Waals surface area contributed by atoms with E-state index in [9.17, 15) is 13.2 Å². The lowest BCUT2D eigenvalue weighted by molar-refractivity contribution is 0.532. The predicted molar refractivity (Wildman–Crippen MR) is 66.5 cm³/mol. The van der Waals surface area contributed by atoms with Gasteiger partial charge in [0.1, 0.15) is 17.5 Å². The quantitative estimate of drug-likeness (QED) is 0.893. The highest BCUT2D eigenvalue weighted by Crippen LogP contribution is 2.28. The van der Waals surface area contributed by atoms with Crippen LogP contribution in [0, 0.1) is 17.5 Å². The minimum atomic E-state index is -1.18. The number of halogens is 4. The van der Waals surface area contributed by atoms with Gasteiger partial charge in [-0.2, -0.15) is 0 Å². The minimum Gasteiger partial charge on any atom is -0.320 e. The molecule has 2 N–H and O–H groups in total. The van der Waals surface area contributed by atoms with E-state index in [1.165, 1.54) is 18.2 Å². The van der Waals surface area contributed by atoms with Crippen LogP contribution in [0.15, 0.2) is 40.9 Å². The molecule has 0 saturated carbocycles. The van der Waals surface area contributed by atoms with Gasteiger partial charge in [-0.3, -0.25) is 0 Å². The molecule has 0 saturated heterocycles. The fraction of sp³-hybridized carbons (Fsp3) is 0.0769. The third-order valence-corrected chi connectivity index (χ3v) is 3.05. The van der Waals surface area contributed by atoms with Crippen LogP contribution < -0.4 is 5.73 Å². The van der Waals surface area contributed by atoms with Crippen molar-refractivity contribution in [2.45, 2.75) is 6.04 Å². The summed E-state index contributed by atoms with van der Waals surface area (Å²) >= 11 is 2.97. The molecule has 5 heteroatoms. The Hall–Kier alpha value is -1.33. The molecule has 0 aliphatic rings. The summed E-state index contributed by atoms with van der Waals surface area (Å²) in [4.78, 5) is 0. The first kappa shape index (κ1) is 13.1. The molecule has 0 aliphatic heterocycles. The molecule has 0 amide bonds. The summed E-state index contributed by atoms with van der Waals surface area (Å²) in [7, 11) is 0. The van der Waals surface area contributed by atoms with Gasteiger partial charge in [-0.05, 0) is 18.2 Å². The zero-order chi connectivity index (χ0) is 13.3. The minimum absolute atomic E-state index is 0.0534. The van der Waals surface area contributed by atoms with Crippen molar-refractivity contribution in [3.8, 4) is 0 Å². The molecule has 1 atom stereocenters. The van der Waals surface area contributed by atoms with E-state index >= 15 is 0 Å². The van der Waals surface area contributed by atoms with Gasteiger partial charge in [0.2, 0.25) is 0 Å². The Morgan fingerprint density at radius 2 is 1.50 bits per heavy atom. The van der Waals surface area contributed by atoms with Gasteiger partial charge >= 0.3 is 0 Å². The van der Waals surface area contributed by atoms with Gasteiger partial charge in [-0.1, -0.05) is 34.1 Å². The molecule has 0 spiro atoms. The normalized spacial score (nSPS) is 12.5. The van der Waals surface area contributed by atoms with Gasteiger partial charge in [0, 0.05) is 15.6 Å². The Kier molecular flexibility index (Phi) is 3.73. The first-order valence-corrected chi connectivity index (χ1v) is 5.94. The third kappa shape index (κ3) is 2.42. The van der Waals surface area contributed by atoms with Crippen molar-refractivity contribution in [1.82, 2.24) is 0 Å². The first-order valence-electron chi connectivity index (χ1n) is 5.15. The van der Waals surface area contributed by atoms with E-state index in [1.807, 2.05) is 0 Å². The summed E-state index contributed by atoms with van der Waals surface area (Å²) in [6.07, 6.45) is 0. The van der Waals surface area contributed by atoms with Gasteiger partial charge < -0.3 is 5.73 Å². The van der Waals surface area contributed by atoms with E-state index in [-0.39, 0.29) is 15.6 Å². The standard InChI is InChI=1S/C13H9BrF3N/c14-7-5-10(16)12(11(17)6-7)13(18)8-3-1-2-4-9(8)15/h1-6,13H,18H2. The molecule has 0 bridgehead atoms. The van der Waals surface area contributed by atoms with Crippen molar-refractivity contribution in [2.24, 2.45) is 5.73 Å². The Bertz CT molecular complexity index is 563. The smallest absolute Gasteiger partial charge is 0.132 e. The largest absolute Gasteiger partial charge is 0.320 e. The maximum absolute atomic E-state index is 13.7. The number of rotatable bonds is 2. The van der Waals surface area contributed by atoms with Gasteiger partial charge in [0.25, 0.3) is 0 Å². The Morgan fingerprint density at radius 3 is 2.06 bits per heavy atom. The Morgan fingerprint density at radius 1 is 0.944 bits per heavy atom. The van der Waals surface area contributed by atoms with Crippen LogP contribution in [0.2, 0.25) is 0 Å². The molecule has 0 aromatic heterocycles. The van der Waals surface area contributed by atoms with E-state index in [0.29, 0.717) is 0 Å². The summed E-state index contributed by atoms with van der Waals surface area (Å²) in [6.45, 7) is 0. The number of hydrogen-bond acceptors (Lipinski definition) is 1. The van der Waals surface area contributed by atoms with E-state index in [0.717, 1.165) is 12.1 Å². The lowest BCUT2D eigenvalue weighted by Crippen LogP contribution is -2.17. The van der Waals surface area contributed by atoms with Crippen LogP contribution in [0.3, 0.4) is 0 Å². The fourth-order valence-corrected chi connectivity index (χ4v) is 2.14. The van der Waals surface area contributed by atoms with Crippen LogP contribution in [0.4, 0.5) is 13.2 Å². The second kappa shape index (κ2) is 5.12. The van der Waals surface area contributed by atoms with Crippen molar-refractivity contribution in [1.29, 1.82) is 0 Å². The number of benzene rings is 2. The van der Waals surface area contributed by atoms with Crippen molar-refractivity contribution in [3.63, 3.8) is 0 Å². The molecule has 1 nitrogen and oxygen atoms in total. The molecule has 2 rings (SSSR count). The monoisotopic (exact) mass is 315 g/mol. The molecule has 18 heavy (non-hydrogen) atoms. The van der Waals surface area contributed by atoms with Crippen LogP contribution in [-0.4, -0.2) is 0 Å². The summed E-state index contributed by atoms with van der Waals surface area (Å²) in [5.74, 6) is -2.21. The second-order valence-corrected chi connectivity index (χ2v) is 4.70. The van der Waals surface area contributed by atoms with Gasteiger partial charge in [-0.25, -0.2) is 13.2 Å². The average molecular weight is 316 g/mol. The summed E-state index contributed by atoms with van der Waals surface area (Å²) in [5.41, 5.74) is 5.44. The zero-order valence-electron chi connectivity index (χ0n) is 9.13. The number of nitrogens with two attached hydrogens (primary N) is 1. The molecule has 0 heterocycles. The van der Waals surface area contributed by atoms with Crippen LogP contribution in [0.5, 0.6) is 0 Å². The molecule has 0 aliphatic carbocycles. The maximum atomic E-state index is 13.7. The second-order valence-electron chi connectivity index (χ2n) is 3.78. The van der Waals surface area contributed by atoms with E-state index in [2.05, 4.69) is 15.9 Å². The molecular weight excluding hydrogens is 307 g/mol. The van der Waals surface area contributed by atoms with Crippen LogP contribution in [0.1, 0.15) is 17.2 Å². The van der Waals surface area contributed by atoms with Crippen molar-refractivity contribution in [2.75, 3.05) is 0 Å². The van der Waals surface area contributed by atoms with Crippen LogP contribution in [0.25, 0.3) is 0 Å². The van der Waals surface area contributed by atoms with E-state index < -0.39 is 23.5 Å². The molecule has 2 aromatic carbocycles. The molecule has 2 aromatic rings. The number of hydrogen-bond donors (Lipinski definition) is 1. The van der Waals surface area contributed by atoms with Gasteiger partial charge in [-0.15, -0.1) is 0 Å². The Balaban J connectivity index is 2.53. The fourth-order valence-electron chi connectivity index (χ4n) is 1.73. The van der Waals surface area contributed by atoms with E-state index in [4.69, 9.17) is 5.73 Å². The van der Waals surface area contributed by atoms with Crippen molar-refractivity contribution < 1.29 is 13.2 Å². The molecule has 94 valence electrons. The van der Waals surface area contributed by atoms with E-state index in [1.54, 1.807) is 6.07 Å². The highest BCUT2D eigenvalue weighted by atomic mass is 79.9. The summed E-state index contributed by atoms with van der Waals surface area (Å²) in [6, 6.07) is 6.66. The SMILES string of the molecule is NC(c1ccccc1F)c1c(F)cc(Br)cc1F. The predicted octanol–water partition coefficient (Wildman–Crippen LogP) is 3.91. The Labute approximate surface area is 111 Å².